The molecule has 8 heteroatoms. The summed E-state index contributed by atoms with van der Waals surface area (Å²) >= 11 is 0. The largest absolute Gasteiger partial charge is 0.469 e. The van der Waals surface area contributed by atoms with Crippen LogP contribution in [0.3, 0.4) is 0 Å². The van der Waals surface area contributed by atoms with Gasteiger partial charge in [0.2, 0.25) is 0 Å². The molecule has 0 radical (unpaired) electrons. The summed E-state index contributed by atoms with van der Waals surface area (Å²) in [5, 5.41) is 14.2. The molecule has 1 aromatic carbocycles. The number of hydrogen-bond acceptors (Lipinski definition) is 6. The Balaban J connectivity index is 1.53. The first-order valence-corrected chi connectivity index (χ1v) is 13.5. The maximum absolute atomic E-state index is 13.7. The van der Waals surface area contributed by atoms with Gasteiger partial charge in [-0.05, 0) is 89.9 Å². The zero-order valence-electron chi connectivity index (χ0n) is 21.6. The fraction of sp³-hybridized carbons (Fsp3) is 0.367. The minimum absolute atomic E-state index is 0.0398. The van der Waals surface area contributed by atoms with Crippen molar-refractivity contribution in [3.63, 3.8) is 0 Å². The standard InChI is InChI=1S/C30H32N6O2/c1-20-11-12-27-22(15-20)18-26(30(37)32-27)28(29-33-34-35-36(29)24-8-3-2-4-9-24)23(17-25-10-6-14-38-25)16-21-7-5-13-31-19-21/h5-7,10-15,18-19,23-24,28H,2-4,8-9,16-17H2,1H3,(H,32,37)/t23-,28-/m0/s1. The van der Waals surface area contributed by atoms with E-state index in [2.05, 4.69) is 44.5 Å². The number of nitrogens with zero attached hydrogens (tertiary/aromatic N) is 5. The molecule has 5 aromatic rings. The van der Waals surface area contributed by atoms with Crippen LogP contribution < -0.4 is 5.56 Å². The molecular weight excluding hydrogens is 476 g/mol. The monoisotopic (exact) mass is 508 g/mol. The predicted octanol–water partition coefficient (Wildman–Crippen LogP) is 5.55. The fourth-order valence-electron chi connectivity index (χ4n) is 5.99. The van der Waals surface area contributed by atoms with Crippen LogP contribution in [-0.4, -0.2) is 30.2 Å². The van der Waals surface area contributed by atoms with Crippen LogP contribution in [0.2, 0.25) is 0 Å². The third kappa shape index (κ3) is 5.03. The molecule has 1 aliphatic rings. The lowest BCUT2D eigenvalue weighted by Gasteiger charge is -2.29. The second-order valence-corrected chi connectivity index (χ2v) is 10.5. The Morgan fingerprint density at radius 2 is 1.97 bits per heavy atom. The number of tetrazole rings is 1. The van der Waals surface area contributed by atoms with Gasteiger partial charge in [-0.3, -0.25) is 9.78 Å². The van der Waals surface area contributed by atoms with Crippen molar-refractivity contribution < 1.29 is 4.42 Å². The van der Waals surface area contributed by atoms with Gasteiger partial charge in [0.25, 0.3) is 5.56 Å². The third-order valence-corrected chi connectivity index (χ3v) is 7.82. The van der Waals surface area contributed by atoms with Crippen molar-refractivity contribution in [1.82, 2.24) is 30.2 Å². The molecular formula is C30H32N6O2. The maximum Gasteiger partial charge on any atom is 0.252 e. The summed E-state index contributed by atoms with van der Waals surface area (Å²) in [7, 11) is 0. The van der Waals surface area contributed by atoms with Crippen molar-refractivity contribution in [3.05, 3.63) is 106 Å². The molecule has 0 bridgehead atoms. The molecule has 6 rings (SSSR count). The van der Waals surface area contributed by atoms with Gasteiger partial charge < -0.3 is 9.40 Å². The fourth-order valence-corrected chi connectivity index (χ4v) is 5.99. The van der Waals surface area contributed by atoms with Crippen LogP contribution in [0.4, 0.5) is 0 Å². The van der Waals surface area contributed by atoms with Gasteiger partial charge in [0.05, 0.1) is 18.2 Å². The first-order chi connectivity index (χ1) is 18.7. The normalized spacial score (nSPS) is 16.0. The quantitative estimate of drug-likeness (QED) is 0.295. The molecule has 4 aromatic heterocycles. The average molecular weight is 509 g/mol. The van der Waals surface area contributed by atoms with Gasteiger partial charge in [-0.25, -0.2) is 4.68 Å². The zero-order chi connectivity index (χ0) is 25.9. The molecule has 38 heavy (non-hydrogen) atoms. The minimum Gasteiger partial charge on any atom is -0.469 e. The topological polar surface area (TPSA) is 102 Å². The summed E-state index contributed by atoms with van der Waals surface area (Å²) in [6.45, 7) is 2.06. The molecule has 0 aliphatic heterocycles. The first-order valence-electron chi connectivity index (χ1n) is 13.5. The van der Waals surface area contributed by atoms with Crippen molar-refractivity contribution >= 4 is 10.9 Å². The lowest BCUT2D eigenvalue weighted by atomic mass is 9.79. The second-order valence-electron chi connectivity index (χ2n) is 10.5. The van der Waals surface area contributed by atoms with Gasteiger partial charge in [0, 0.05) is 29.9 Å². The van der Waals surface area contributed by atoms with Gasteiger partial charge in [-0.1, -0.05) is 37.0 Å². The number of benzene rings is 1. The van der Waals surface area contributed by atoms with E-state index in [1.54, 1.807) is 12.5 Å². The Hall–Kier alpha value is -4.07. The number of hydrogen-bond donors (Lipinski definition) is 1. The van der Waals surface area contributed by atoms with Crippen LogP contribution in [0, 0.1) is 12.8 Å². The van der Waals surface area contributed by atoms with Crippen molar-refractivity contribution in [1.29, 1.82) is 0 Å². The number of H-pyrrole nitrogens is 1. The van der Waals surface area contributed by atoms with Crippen LogP contribution in [-0.2, 0) is 12.8 Å². The molecule has 1 N–H and O–H groups in total. The van der Waals surface area contributed by atoms with Gasteiger partial charge in [0.15, 0.2) is 5.82 Å². The molecule has 1 fully saturated rings. The van der Waals surface area contributed by atoms with E-state index in [4.69, 9.17) is 4.42 Å². The van der Waals surface area contributed by atoms with E-state index in [0.29, 0.717) is 18.4 Å². The van der Waals surface area contributed by atoms with Crippen LogP contribution in [0.15, 0.2) is 76.4 Å². The van der Waals surface area contributed by atoms with Gasteiger partial charge in [-0.2, -0.15) is 0 Å². The molecule has 4 heterocycles. The van der Waals surface area contributed by atoms with E-state index in [9.17, 15) is 4.79 Å². The number of pyridine rings is 2. The summed E-state index contributed by atoms with van der Waals surface area (Å²) in [4.78, 5) is 21.2. The van der Waals surface area contributed by atoms with Gasteiger partial charge in [0.1, 0.15) is 5.76 Å². The smallest absolute Gasteiger partial charge is 0.252 e. The minimum atomic E-state index is -0.342. The van der Waals surface area contributed by atoms with Crippen molar-refractivity contribution in [3.8, 4) is 0 Å². The molecule has 2 atom stereocenters. The second kappa shape index (κ2) is 10.7. The summed E-state index contributed by atoms with van der Waals surface area (Å²) in [6.07, 6.45) is 12.4. The van der Waals surface area contributed by atoms with Gasteiger partial charge >= 0.3 is 0 Å². The number of fused-ring (bicyclic) bond motifs is 1. The maximum atomic E-state index is 13.7. The molecule has 0 amide bonds. The lowest BCUT2D eigenvalue weighted by Crippen LogP contribution is -2.30. The SMILES string of the molecule is Cc1ccc2[nH]c(=O)c([C@@H](c3nnnn3C3CCCCC3)[C@@H](Cc3cccnc3)Cc3ccco3)cc2c1. The van der Waals surface area contributed by atoms with Crippen molar-refractivity contribution in [2.45, 2.75) is 63.8 Å². The summed E-state index contributed by atoms with van der Waals surface area (Å²) < 4.78 is 7.81. The van der Waals surface area contributed by atoms with Crippen LogP contribution >= 0.6 is 0 Å². The third-order valence-electron chi connectivity index (χ3n) is 7.82. The van der Waals surface area contributed by atoms with Crippen LogP contribution in [0.25, 0.3) is 10.9 Å². The van der Waals surface area contributed by atoms with E-state index >= 15 is 0 Å². The number of rotatable bonds is 8. The highest BCUT2D eigenvalue weighted by atomic mass is 16.3. The Morgan fingerprint density at radius 3 is 2.76 bits per heavy atom. The number of aromatic nitrogens is 6. The molecule has 0 spiro atoms. The first kappa shape index (κ1) is 24.3. The van der Waals surface area contributed by atoms with Crippen LogP contribution in [0.1, 0.15) is 72.3 Å². The van der Waals surface area contributed by atoms with Crippen molar-refractivity contribution in [2.24, 2.45) is 5.92 Å². The number of furan rings is 1. The van der Waals surface area contributed by atoms with E-state index in [1.165, 1.54) is 6.42 Å². The highest BCUT2D eigenvalue weighted by molar-refractivity contribution is 5.79. The van der Waals surface area contributed by atoms with E-state index in [0.717, 1.165) is 59.3 Å². The van der Waals surface area contributed by atoms with E-state index < -0.39 is 0 Å². The molecule has 0 saturated heterocycles. The highest BCUT2D eigenvalue weighted by Gasteiger charge is 2.35. The Morgan fingerprint density at radius 1 is 1.08 bits per heavy atom. The molecule has 194 valence electrons. The predicted molar refractivity (Wildman–Crippen MR) is 145 cm³/mol. The molecule has 1 saturated carbocycles. The number of aryl methyl sites for hydroxylation is 1. The number of aromatic amines is 1. The molecule has 1 aliphatic carbocycles. The summed E-state index contributed by atoms with van der Waals surface area (Å²) in [6, 6.07) is 16.3. The lowest BCUT2D eigenvalue weighted by molar-refractivity contribution is 0.302. The van der Waals surface area contributed by atoms with E-state index in [-0.39, 0.29) is 23.4 Å². The van der Waals surface area contributed by atoms with Crippen molar-refractivity contribution in [2.75, 3.05) is 0 Å². The Kier molecular flexibility index (Phi) is 6.86. The summed E-state index contributed by atoms with van der Waals surface area (Å²) in [5.41, 5.74) is 3.63. The zero-order valence-corrected chi connectivity index (χ0v) is 21.6. The summed E-state index contributed by atoms with van der Waals surface area (Å²) in [5.74, 6) is 1.23. The Bertz CT molecular complexity index is 1550. The molecule has 8 nitrogen and oxygen atoms in total. The Labute approximate surface area is 221 Å². The van der Waals surface area contributed by atoms with Gasteiger partial charge in [-0.15, -0.1) is 5.10 Å². The average Bonchev–Trinajstić information content (AvgIpc) is 3.63. The van der Waals surface area contributed by atoms with E-state index in [1.807, 2.05) is 47.3 Å². The molecule has 0 unspecified atom stereocenters. The highest BCUT2D eigenvalue weighted by Crippen LogP contribution is 2.37. The van der Waals surface area contributed by atoms with Crippen LogP contribution in [0.5, 0.6) is 0 Å². The number of nitrogens with one attached hydrogen (secondary N) is 1.